The fraction of sp³-hybridized carbons (Fsp3) is 0.190. The first kappa shape index (κ1) is 20.3. The molecule has 1 aromatic carbocycles. The first-order valence-electron chi connectivity index (χ1n) is 8.86. The number of hydrogen-bond donors (Lipinski definition) is 3. The molecule has 1 aromatic heterocycles. The number of dihydropyridines is 1. The Morgan fingerprint density at radius 1 is 1.28 bits per heavy atom. The molecule has 1 atom stereocenters. The first-order chi connectivity index (χ1) is 13.9. The molecular formula is C21H20N4O3S. The van der Waals surface area contributed by atoms with Crippen molar-refractivity contribution < 1.29 is 14.0 Å². The van der Waals surface area contributed by atoms with Gasteiger partial charge in [0, 0.05) is 11.4 Å². The number of nitriles is 1. The van der Waals surface area contributed by atoms with E-state index in [0.29, 0.717) is 33.3 Å². The van der Waals surface area contributed by atoms with Crippen molar-refractivity contribution in [3.05, 3.63) is 75.9 Å². The number of primary amides is 1. The van der Waals surface area contributed by atoms with Crippen LogP contribution in [0.1, 0.15) is 24.2 Å². The Balaban J connectivity index is 2.02. The van der Waals surface area contributed by atoms with Crippen LogP contribution in [0.4, 0.5) is 5.69 Å². The number of amides is 2. The molecule has 0 aliphatic carbocycles. The van der Waals surface area contributed by atoms with Crippen LogP contribution in [0.5, 0.6) is 0 Å². The fourth-order valence-electron chi connectivity index (χ4n) is 3.11. The fourth-order valence-corrected chi connectivity index (χ4v) is 3.94. The number of carbonyl (C=O) groups excluding carboxylic acids is 2. The lowest BCUT2D eigenvalue weighted by Gasteiger charge is -2.28. The van der Waals surface area contributed by atoms with Crippen LogP contribution < -0.4 is 16.4 Å². The molecule has 2 aromatic rings. The average molecular weight is 408 g/mol. The molecule has 29 heavy (non-hydrogen) atoms. The third-order valence-electron chi connectivity index (χ3n) is 4.47. The van der Waals surface area contributed by atoms with Gasteiger partial charge in [-0.25, -0.2) is 0 Å². The van der Waals surface area contributed by atoms with Crippen LogP contribution in [-0.4, -0.2) is 17.6 Å². The summed E-state index contributed by atoms with van der Waals surface area (Å²) in [4.78, 5) is 24.4. The summed E-state index contributed by atoms with van der Waals surface area (Å²) in [5.74, 6) is -1.06. The second-order valence-corrected chi connectivity index (χ2v) is 7.48. The average Bonchev–Trinajstić information content (AvgIpc) is 3.21. The van der Waals surface area contributed by atoms with E-state index in [-0.39, 0.29) is 11.7 Å². The SMILES string of the molecule is CC1=C(C(=O)Nc2ccccc2C)C(c2ccco2)C(C#N)=C(SCC(N)=O)N1. The molecule has 4 N–H and O–H groups in total. The number of carbonyl (C=O) groups is 2. The van der Waals surface area contributed by atoms with Gasteiger partial charge in [0.1, 0.15) is 5.76 Å². The van der Waals surface area contributed by atoms with Gasteiger partial charge in [-0.3, -0.25) is 9.59 Å². The zero-order valence-electron chi connectivity index (χ0n) is 16.0. The van der Waals surface area contributed by atoms with Crippen LogP contribution in [0, 0.1) is 18.3 Å². The zero-order chi connectivity index (χ0) is 21.0. The number of anilines is 1. The molecule has 7 nitrogen and oxygen atoms in total. The summed E-state index contributed by atoms with van der Waals surface area (Å²) in [7, 11) is 0. The lowest BCUT2D eigenvalue weighted by Crippen LogP contribution is -2.31. The Bertz CT molecular complexity index is 1050. The van der Waals surface area contributed by atoms with Crippen molar-refractivity contribution in [2.75, 3.05) is 11.1 Å². The molecule has 1 aliphatic heterocycles. The van der Waals surface area contributed by atoms with E-state index in [1.54, 1.807) is 19.1 Å². The second-order valence-electron chi connectivity index (χ2n) is 6.49. The summed E-state index contributed by atoms with van der Waals surface area (Å²) in [6.07, 6.45) is 1.49. The van der Waals surface area contributed by atoms with Crippen LogP contribution in [0.15, 0.2) is 69.0 Å². The van der Waals surface area contributed by atoms with E-state index in [4.69, 9.17) is 10.2 Å². The van der Waals surface area contributed by atoms with Gasteiger partial charge in [-0.05, 0) is 37.6 Å². The quantitative estimate of drug-likeness (QED) is 0.675. The van der Waals surface area contributed by atoms with E-state index in [2.05, 4.69) is 16.7 Å². The normalized spacial score (nSPS) is 16.2. The number of allylic oxidation sites excluding steroid dienone is 2. The number of hydrogen-bond acceptors (Lipinski definition) is 6. The Labute approximate surface area is 172 Å². The standard InChI is InChI=1S/C21H20N4O3S/c1-12-6-3-4-7-15(12)25-20(27)18-13(2)24-21(29-11-17(23)26)14(10-22)19(18)16-8-5-9-28-16/h3-9,19,24H,11H2,1-2H3,(H2,23,26)(H,25,27). The summed E-state index contributed by atoms with van der Waals surface area (Å²) in [6.45, 7) is 3.65. The Morgan fingerprint density at radius 2 is 2.03 bits per heavy atom. The van der Waals surface area contributed by atoms with Gasteiger partial charge in [-0.2, -0.15) is 5.26 Å². The highest BCUT2D eigenvalue weighted by atomic mass is 32.2. The van der Waals surface area contributed by atoms with Crippen molar-refractivity contribution >= 4 is 29.3 Å². The van der Waals surface area contributed by atoms with Crippen molar-refractivity contribution in [2.45, 2.75) is 19.8 Å². The molecule has 148 valence electrons. The Kier molecular flexibility index (Phi) is 6.10. The molecule has 0 fully saturated rings. The van der Waals surface area contributed by atoms with Crippen LogP contribution in [0.2, 0.25) is 0 Å². The van der Waals surface area contributed by atoms with Gasteiger partial charge in [0.25, 0.3) is 5.91 Å². The highest BCUT2D eigenvalue weighted by Crippen LogP contribution is 2.41. The second kappa shape index (κ2) is 8.71. The van der Waals surface area contributed by atoms with Gasteiger partial charge in [-0.1, -0.05) is 30.0 Å². The van der Waals surface area contributed by atoms with Gasteiger partial charge in [0.05, 0.1) is 40.2 Å². The first-order valence-corrected chi connectivity index (χ1v) is 9.84. The van der Waals surface area contributed by atoms with E-state index in [1.807, 2.05) is 31.2 Å². The monoisotopic (exact) mass is 408 g/mol. The third-order valence-corrected chi connectivity index (χ3v) is 5.51. The van der Waals surface area contributed by atoms with Crippen LogP contribution in [0.3, 0.4) is 0 Å². The zero-order valence-corrected chi connectivity index (χ0v) is 16.8. The van der Waals surface area contributed by atoms with Gasteiger partial charge >= 0.3 is 0 Å². The maximum absolute atomic E-state index is 13.2. The molecule has 1 unspecified atom stereocenters. The molecule has 3 rings (SSSR count). The summed E-state index contributed by atoms with van der Waals surface area (Å²) in [6, 6.07) is 13.0. The van der Waals surface area contributed by atoms with Crippen molar-refractivity contribution in [1.82, 2.24) is 5.32 Å². The smallest absolute Gasteiger partial charge is 0.254 e. The Hall–Kier alpha value is -3.44. The largest absolute Gasteiger partial charge is 0.468 e. The minimum Gasteiger partial charge on any atom is -0.468 e. The van der Waals surface area contributed by atoms with Crippen LogP contribution >= 0.6 is 11.8 Å². The minimum atomic E-state index is -0.698. The van der Waals surface area contributed by atoms with Crippen molar-refractivity contribution in [3.63, 3.8) is 0 Å². The van der Waals surface area contributed by atoms with E-state index < -0.39 is 11.8 Å². The summed E-state index contributed by atoms with van der Waals surface area (Å²) < 4.78 is 5.55. The van der Waals surface area contributed by atoms with E-state index in [0.717, 1.165) is 17.3 Å². The van der Waals surface area contributed by atoms with E-state index >= 15 is 0 Å². The maximum atomic E-state index is 13.2. The summed E-state index contributed by atoms with van der Waals surface area (Å²) >= 11 is 1.13. The minimum absolute atomic E-state index is 0.0103. The number of rotatable bonds is 6. The summed E-state index contributed by atoms with van der Waals surface area (Å²) in [5, 5.41) is 16.3. The highest BCUT2D eigenvalue weighted by molar-refractivity contribution is 8.03. The Morgan fingerprint density at radius 3 is 2.66 bits per heavy atom. The van der Waals surface area contributed by atoms with Crippen molar-refractivity contribution in [1.29, 1.82) is 5.26 Å². The molecule has 1 aliphatic rings. The predicted octanol–water partition coefficient (Wildman–Crippen LogP) is 3.14. The molecular weight excluding hydrogens is 388 g/mol. The molecule has 8 heteroatoms. The van der Waals surface area contributed by atoms with Gasteiger partial charge < -0.3 is 20.8 Å². The number of nitrogens with zero attached hydrogens (tertiary/aromatic N) is 1. The number of benzene rings is 1. The number of aryl methyl sites for hydroxylation is 1. The predicted molar refractivity (Wildman–Crippen MR) is 111 cm³/mol. The summed E-state index contributed by atoms with van der Waals surface area (Å²) in [5.41, 5.74) is 8.11. The molecule has 2 heterocycles. The number of furan rings is 1. The molecule has 0 bridgehead atoms. The van der Waals surface area contributed by atoms with Crippen molar-refractivity contribution in [3.8, 4) is 6.07 Å². The maximum Gasteiger partial charge on any atom is 0.254 e. The number of para-hydroxylation sites is 1. The molecule has 0 spiro atoms. The van der Waals surface area contributed by atoms with Crippen LogP contribution in [0.25, 0.3) is 0 Å². The molecule has 0 radical (unpaired) electrons. The molecule has 0 saturated carbocycles. The molecule has 2 amide bonds. The van der Waals surface area contributed by atoms with Gasteiger partial charge in [-0.15, -0.1) is 0 Å². The van der Waals surface area contributed by atoms with E-state index in [9.17, 15) is 14.9 Å². The van der Waals surface area contributed by atoms with E-state index in [1.165, 1.54) is 6.26 Å². The molecule has 0 saturated heterocycles. The highest BCUT2D eigenvalue weighted by Gasteiger charge is 2.36. The number of nitrogens with one attached hydrogen (secondary N) is 2. The number of thioether (sulfide) groups is 1. The van der Waals surface area contributed by atoms with Gasteiger partial charge in [0.2, 0.25) is 5.91 Å². The lowest BCUT2D eigenvalue weighted by molar-refractivity contribution is -0.115. The van der Waals surface area contributed by atoms with Gasteiger partial charge in [0.15, 0.2) is 0 Å². The number of nitrogens with two attached hydrogens (primary N) is 1. The lowest BCUT2D eigenvalue weighted by atomic mass is 9.85. The van der Waals surface area contributed by atoms with Crippen LogP contribution in [-0.2, 0) is 9.59 Å². The van der Waals surface area contributed by atoms with Crippen molar-refractivity contribution in [2.24, 2.45) is 5.73 Å². The topological polar surface area (TPSA) is 121 Å². The third kappa shape index (κ3) is 4.36.